The van der Waals surface area contributed by atoms with Gasteiger partial charge in [-0.15, -0.1) is 11.8 Å². The van der Waals surface area contributed by atoms with Gasteiger partial charge in [-0.25, -0.2) is 14.4 Å². The Kier molecular flexibility index (Phi) is 6.98. The predicted molar refractivity (Wildman–Crippen MR) is 119 cm³/mol. The number of thioether (sulfide) groups is 1. The molecule has 1 N–H and O–H groups in total. The number of benzene rings is 1. The molecule has 2 aromatic rings. The van der Waals surface area contributed by atoms with E-state index in [0.29, 0.717) is 46.6 Å². The summed E-state index contributed by atoms with van der Waals surface area (Å²) >= 11 is 1.40. The Morgan fingerprint density at radius 3 is 2.50 bits per heavy atom. The van der Waals surface area contributed by atoms with Gasteiger partial charge in [0.25, 0.3) is 5.91 Å². The molecule has 0 saturated carbocycles. The van der Waals surface area contributed by atoms with Crippen molar-refractivity contribution in [1.82, 2.24) is 9.97 Å². The molecular formula is C22H29FN4O2S. The zero-order valence-corrected chi connectivity index (χ0v) is 19.1. The minimum Gasteiger partial charge on any atom is -0.372 e. The smallest absolute Gasteiger partial charge is 0.260 e. The highest BCUT2D eigenvalue weighted by Gasteiger charge is 2.25. The lowest BCUT2D eigenvalue weighted by Gasteiger charge is -2.37. The number of hydrogen-bond donors (Lipinski definition) is 1. The van der Waals surface area contributed by atoms with Gasteiger partial charge in [-0.1, -0.05) is 13.8 Å². The van der Waals surface area contributed by atoms with Crippen LogP contribution in [0.5, 0.6) is 0 Å². The zero-order valence-electron chi connectivity index (χ0n) is 18.3. The van der Waals surface area contributed by atoms with Crippen molar-refractivity contribution in [3.63, 3.8) is 0 Å². The van der Waals surface area contributed by atoms with Crippen molar-refractivity contribution >= 4 is 29.0 Å². The minimum atomic E-state index is -0.373. The quantitative estimate of drug-likeness (QED) is 0.549. The molecule has 1 aromatic heterocycles. The van der Waals surface area contributed by atoms with Crippen LogP contribution in [-0.4, -0.2) is 47.4 Å². The maximum atomic E-state index is 14.8. The van der Waals surface area contributed by atoms with E-state index in [1.807, 2.05) is 38.9 Å². The van der Waals surface area contributed by atoms with Gasteiger partial charge in [0.15, 0.2) is 0 Å². The predicted octanol–water partition coefficient (Wildman–Crippen LogP) is 4.64. The lowest BCUT2D eigenvalue weighted by atomic mass is 10.1. The van der Waals surface area contributed by atoms with Crippen LogP contribution >= 0.6 is 11.8 Å². The van der Waals surface area contributed by atoms with Crippen molar-refractivity contribution < 1.29 is 13.9 Å². The third-order valence-electron chi connectivity index (χ3n) is 4.98. The summed E-state index contributed by atoms with van der Waals surface area (Å²) in [6.45, 7) is 11.0. The van der Waals surface area contributed by atoms with Gasteiger partial charge in [0.2, 0.25) is 0 Å². The Bertz CT molecular complexity index is 928. The van der Waals surface area contributed by atoms with Crippen LogP contribution in [-0.2, 0) is 4.74 Å². The fourth-order valence-electron chi connectivity index (χ4n) is 3.64. The van der Waals surface area contributed by atoms with E-state index >= 15 is 0 Å². The molecule has 2 heterocycles. The van der Waals surface area contributed by atoms with Crippen molar-refractivity contribution in [2.45, 2.75) is 57.8 Å². The third-order valence-corrected chi connectivity index (χ3v) is 5.66. The molecule has 3 rings (SSSR count). The van der Waals surface area contributed by atoms with Crippen molar-refractivity contribution in [3.8, 4) is 0 Å². The number of ether oxygens (including phenoxy) is 1. The molecule has 1 saturated heterocycles. The summed E-state index contributed by atoms with van der Waals surface area (Å²) in [6.07, 6.45) is 1.95. The molecule has 2 atom stereocenters. The van der Waals surface area contributed by atoms with Crippen LogP contribution in [0.25, 0.3) is 0 Å². The maximum absolute atomic E-state index is 14.8. The highest BCUT2D eigenvalue weighted by molar-refractivity contribution is 7.98. The van der Waals surface area contributed by atoms with E-state index in [1.165, 1.54) is 17.8 Å². The summed E-state index contributed by atoms with van der Waals surface area (Å²) in [5.41, 5.74) is 1.95. The highest BCUT2D eigenvalue weighted by atomic mass is 32.2. The number of morpholine rings is 1. The Balaban J connectivity index is 1.82. The standard InChI is InChI=1S/C22H29FN4O2S/c1-12(2)20-24-15(5)19(22(26-20)30-6)21(28)25-16-7-8-18(17(23)9-16)27-10-13(3)29-14(4)11-27/h7-9,12-14H,10-11H2,1-6H3,(H,25,28). The number of carbonyl (C=O) groups excluding carboxylic acids is 1. The second kappa shape index (κ2) is 9.31. The molecule has 0 aliphatic carbocycles. The summed E-state index contributed by atoms with van der Waals surface area (Å²) in [6, 6.07) is 4.78. The van der Waals surface area contributed by atoms with E-state index in [1.54, 1.807) is 19.1 Å². The average Bonchev–Trinajstić information content (AvgIpc) is 2.66. The molecule has 30 heavy (non-hydrogen) atoms. The van der Waals surface area contributed by atoms with Gasteiger partial charge in [0.05, 0.1) is 29.2 Å². The molecule has 1 aromatic carbocycles. The van der Waals surface area contributed by atoms with Crippen molar-refractivity contribution in [3.05, 3.63) is 41.1 Å². The number of carbonyl (C=O) groups is 1. The van der Waals surface area contributed by atoms with Crippen LogP contribution < -0.4 is 10.2 Å². The topological polar surface area (TPSA) is 67.4 Å². The Morgan fingerprint density at radius 2 is 1.93 bits per heavy atom. The molecule has 2 unspecified atom stereocenters. The van der Waals surface area contributed by atoms with E-state index in [0.717, 1.165) is 0 Å². The first-order chi connectivity index (χ1) is 14.2. The fraction of sp³-hybridized carbons (Fsp3) is 0.500. The van der Waals surface area contributed by atoms with Gasteiger partial charge in [-0.2, -0.15) is 0 Å². The van der Waals surface area contributed by atoms with Crippen molar-refractivity contribution in [2.24, 2.45) is 0 Å². The molecule has 0 bridgehead atoms. The lowest BCUT2D eigenvalue weighted by molar-refractivity contribution is -0.00539. The van der Waals surface area contributed by atoms with Gasteiger partial charge >= 0.3 is 0 Å². The molecule has 1 aliphatic heterocycles. The molecule has 1 aliphatic rings. The SMILES string of the molecule is CSc1nc(C(C)C)nc(C)c1C(=O)Nc1ccc(N2CC(C)OC(C)C2)c(F)c1. The van der Waals surface area contributed by atoms with E-state index < -0.39 is 0 Å². The van der Waals surface area contributed by atoms with Crippen LogP contribution in [0.2, 0.25) is 0 Å². The number of rotatable bonds is 5. The molecule has 162 valence electrons. The Hall–Kier alpha value is -2.19. The number of aromatic nitrogens is 2. The summed E-state index contributed by atoms with van der Waals surface area (Å²) in [4.78, 5) is 23.9. The second-order valence-electron chi connectivity index (χ2n) is 7.99. The van der Waals surface area contributed by atoms with Gasteiger partial charge in [0.1, 0.15) is 16.7 Å². The van der Waals surface area contributed by atoms with Crippen molar-refractivity contribution in [1.29, 1.82) is 0 Å². The third kappa shape index (κ3) is 4.92. The normalized spacial score (nSPS) is 19.3. The number of amides is 1. The highest BCUT2D eigenvalue weighted by Crippen LogP contribution is 2.28. The summed E-state index contributed by atoms with van der Waals surface area (Å²) in [5, 5.41) is 3.42. The van der Waals surface area contributed by atoms with Gasteiger partial charge in [-0.3, -0.25) is 4.79 Å². The largest absolute Gasteiger partial charge is 0.372 e. The number of hydrogen-bond acceptors (Lipinski definition) is 6. The number of nitrogens with one attached hydrogen (secondary N) is 1. The zero-order chi connectivity index (χ0) is 22.0. The first kappa shape index (κ1) is 22.5. The molecule has 6 nitrogen and oxygen atoms in total. The van der Waals surface area contributed by atoms with Gasteiger partial charge in [-0.05, 0) is 45.2 Å². The molecule has 1 fully saturated rings. The van der Waals surface area contributed by atoms with Crippen LogP contribution in [0.4, 0.5) is 15.8 Å². The summed E-state index contributed by atoms with van der Waals surface area (Å²) in [7, 11) is 0. The lowest BCUT2D eigenvalue weighted by Crippen LogP contribution is -2.45. The minimum absolute atomic E-state index is 0.0364. The van der Waals surface area contributed by atoms with Crippen LogP contribution in [0.3, 0.4) is 0 Å². The van der Waals surface area contributed by atoms with E-state index in [2.05, 4.69) is 15.3 Å². The van der Waals surface area contributed by atoms with Gasteiger partial charge in [0, 0.05) is 24.7 Å². The molecular weight excluding hydrogens is 403 g/mol. The summed E-state index contributed by atoms with van der Waals surface area (Å²) < 4.78 is 20.6. The maximum Gasteiger partial charge on any atom is 0.260 e. The number of nitrogens with zero attached hydrogens (tertiary/aromatic N) is 3. The molecule has 0 spiro atoms. The van der Waals surface area contributed by atoms with Crippen LogP contribution in [0.15, 0.2) is 23.2 Å². The summed E-state index contributed by atoms with van der Waals surface area (Å²) in [5.74, 6) is 0.159. The molecule has 8 heteroatoms. The number of halogens is 1. The first-order valence-electron chi connectivity index (χ1n) is 10.1. The first-order valence-corrected chi connectivity index (χ1v) is 11.4. The van der Waals surface area contributed by atoms with Gasteiger partial charge < -0.3 is 15.0 Å². The molecule has 0 radical (unpaired) electrons. The monoisotopic (exact) mass is 432 g/mol. The van der Waals surface area contributed by atoms with E-state index in [9.17, 15) is 9.18 Å². The average molecular weight is 433 g/mol. The second-order valence-corrected chi connectivity index (χ2v) is 8.78. The molecule has 1 amide bonds. The Morgan fingerprint density at radius 1 is 1.27 bits per heavy atom. The van der Waals surface area contributed by atoms with Crippen LogP contribution in [0.1, 0.15) is 55.5 Å². The van der Waals surface area contributed by atoms with Crippen LogP contribution in [0, 0.1) is 12.7 Å². The fourth-order valence-corrected chi connectivity index (χ4v) is 4.27. The number of aryl methyl sites for hydroxylation is 1. The van der Waals surface area contributed by atoms with E-state index in [-0.39, 0.29) is 29.9 Å². The Labute approximate surface area is 181 Å². The van der Waals surface area contributed by atoms with E-state index in [4.69, 9.17) is 4.74 Å². The van der Waals surface area contributed by atoms with Crippen molar-refractivity contribution in [2.75, 3.05) is 29.6 Å². The number of anilines is 2.